The molecule has 1 heterocycles. The van der Waals surface area contributed by atoms with Crippen molar-refractivity contribution in [2.45, 2.75) is 34.6 Å². The average Bonchev–Trinajstić information content (AvgIpc) is 3.26. The standard InChI is InChI=1S/C14H14F2N4OS2/c15-13(16)23-10-4-2-1-3-9(10)17-11(21)7-22-14-18-12(19-20-14)8-5-6-8/h1-4,8,13H,5-7H2,(H,17,21)(H,18,19,20). The van der Waals surface area contributed by atoms with Crippen molar-refractivity contribution in [2.24, 2.45) is 0 Å². The van der Waals surface area contributed by atoms with Crippen molar-refractivity contribution in [3.05, 3.63) is 30.1 Å². The van der Waals surface area contributed by atoms with Crippen molar-refractivity contribution in [3.63, 3.8) is 0 Å². The predicted octanol–water partition coefficient (Wildman–Crippen LogP) is 3.73. The van der Waals surface area contributed by atoms with Crippen LogP contribution in [0.15, 0.2) is 34.3 Å². The summed E-state index contributed by atoms with van der Waals surface area (Å²) in [4.78, 5) is 16.6. The molecular formula is C14H14F2N4OS2. The number of hydrogen-bond donors (Lipinski definition) is 2. The van der Waals surface area contributed by atoms with E-state index in [1.807, 2.05) is 0 Å². The zero-order valence-electron chi connectivity index (χ0n) is 12.0. The highest BCUT2D eigenvalue weighted by molar-refractivity contribution is 8.00. The minimum atomic E-state index is -2.53. The van der Waals surface area contributed by atoms with E-state index < -0.39 is 5.76 Å². The number of carbonyl (C=O) groups excluding carboxylic acids is 1. The van der Waals surface area contributed by atoms with Gasteiger partial charge in [-0.2, -0.15) is 8.78 Å². The molecule has 0 atom stereocenters. The number of nitrogens with one attached hydrogen (secondary N) is 2. The van der Waals surface area contributed by atoms with Crippen molar-refractivity contribution >= 4 is 35.1 Å². The third-order valence-corrected chi connectivity index (χ3v) is 4.79. The highest BCUT2D eigenvalue weighted by Gasteiger charge is 2.27. The number of alkyl halides is 2. The van der Waals surface area contributed by atoms with E-state index in [0.717, 1.165) is 18.7 Å². The van der Waals surface area contributed by atoms with Gasteiger partial charge < -0.3 is 5.32 Å². The Kier molecular flexibility index (Phi) is 5.16. The Morgan fingerprint density at radius 2 is 2.17 bits per heavy atom. The highest BCUT2D eigenvalue weighted by Crippen LogP contribution is 2.38. The van der Waals surface area contributed by atoms with Crippen molar-refractivity contribution in [1.82, 2.24) is 15.2 Å². The van der Waals surface area contributed by atoms with Crippen LogP contribution in [-0.2, 0) is 4.79 Å². The topological polar surface area (TPSA) is 70.7 Å². The van der Waals surface area contributed by atoms with Crippen molar-refractivity contribution in [2.75, 3.05) is 11.1 Å². The summed E-state index contributed by atoms with van der Waals surface area (Å²) in [7, 11) is 0. The number of para-hydroxylation sites is 1. The van der Waals surface area contributed by atoms with Crippen molar-refractivity contribution in [1.29, 1.82) is 0 Å². The molecule has 0 aliphatic heterocycles. The number of thioether (sulfide) groups is 2. The molecular weight excluding hydrogens is 342 g/mol. The maximum Gasteiger partial charge on any atom is 0.288 e. The van der Waals surface area contributed by atoms with Crippen LogP contribution in [-0.4, -0.2) is 32.6 Å². The summed E-state index contributed by atoms with van der Waals surface area (Å²) < 4.78 is 25.0. The zero-order valence-corrected chi connectivity index (χ0v) is 13.6. The third kappa shape index (κ3) is 4.68. The molecule has 0 radical (unpaired) electrons. The van der Waals surface area contributed by atoms with Gasteiger partial charge in [-0.1, -0.05) is 35.7 Å². The third-order valence-electron chi connectivity index (χ3n) is 3.16. The van der Waals surface area contributed by atoms with Gasteiger partial charge in [-0.05, 0) is 25.0 Å². The average molecular weight is 356 g/mol. The Morgan fingerprint density at radius 3 is 2.91 bits per heavy atom. The number of rotatable bonds is 7. The van der Waals surface area contributed by atoms with E-state index in [2.05, 4.69) is 20.5 Å². The number of H-pyrrole nitrogens is 1. The zero-order chi connectivity index (χ0) is 16.2. The molecule has 1 aliphatic rings. The summed E-state index contributed by atoms with van der Waals surface area (Å²) in [6, 6.07) is 6.50. The second kappa shape index (κ2) is 7.31. The quantitative estimate of drug-likeness (QED) is 0.740. The Hall–Kier alpha value is -1.61. The first-order valence-corrected chi connectivity index (χ1v) is 8.87. The first-order valence-electron chi connectivity index (χ1n) is 7.00. The number of carbonyl (C=O) groups is 1. The minimum Gasteiger partial charge on any atom is -0.324 e. The molecule has 1 saturated carbocycles. The molecule has 0 saturated heterocycles. The summed E-state index contributed by atoms with van der Waals surface area (Å²) in [6.45, 7) is 0. The van der Waals surface area contributed by atoms with Gasteiger partial charge in [0.05, 0.1) is 11.4 Å². The van der Waals surface area contributed by atoms with Crippen LogP contribution in [0.25, 0.3) is 0 Å². The molecule has 1 aromatic heterocycles. The summed E-state index contributed by atoms with van der Waals surface area (Å²) in [5, 5.41) is 10.1. The van der Waals surface area contributed by atoms with Crippen LogP contribution in [0.2, 0.25) is 0 Å². The van der Waals surface area contributed by atoms with Gasteiger partial charge in [-0.3, -0.25) is 9.89 Å². The van der Waals surface area contributed by atoms with Crippen molar-refractivity contribution < 1.29 is 13.6 Å². The number of nitrogens with zero attached hydrogens (tertiary/aromatic N) is 2. The van der Waals surface area contributed by atoms with E-state index in [-0.39, 0.29) is 11.7 Å². The molecule has 0 spiro atoms. The minimum absolute atomic E-state index is 0.121. The van der Waals surface area contributed by atoms with E-state index in [1.165, 1.54) is 11.8 Å². The fourth-order valence-corrected chi connectivity index (χ4v) is 3.15. The van der Waals surface area contributed by atoms with E-state index >= 15 is 0 Å². The van der Waals surface area contributed by atoms with Gasteiger partial charge in [-0.25, -0.2) is 4.98 Å². The van der Waals surface area contributed by atoms with Gasteiger partial charge in [0, 0.05) is 10.8 Å². The Bertz CT molecular complexity index is 691. The highest BCUT2D eigenvalue weighted by atomic mass is 32.2. The predicted molar refractivity (Wildman–Crippen MR) is 86.0 cm³/mol. The first-order chi connectivity index (χ1) is 11.1. The summed E-state index contributed by atoms with van der Waals surface area (Å²) >= 11 is 1.62. The number of aromatic amines is 1. The van der Waals surface area contributed by atoms with Crippen LogP contribution in [0.1, 0.15) is 24.6 Å². The van der Waals surface area contributed by atoms with Gasteiger partial charge >= 0.3 is 0 Å². The maximum atomic E-state index is 12.5. The maximum absolute atomic E-state index is 12.5. The van der Waals surface area contributed by atoms with Gasteiger partial charge in [0.2, 0.25) is 11.1 Å². The largest absolute Gasteiger partial charge is 0.324 e. The van der Waals surface area contributed by atoms with Crippen LogP contribution in [0, 0.1) is 0 Å². The fourth-order valence-electron chi connectivity index (χ4n) is 1.95. The number of halogens is 2. The Labute approximate surface area is 140 Å². The molecule has 2 N–H and O–H groups in total. The van der Waals surface area contributed by atoms with E-state index in [9.17, 15) is 13.6 Å². The molecule has 23 heavy (non-hydrogen) atoms. The molecule has 3 rings (SSSR count). The molecule has 1 amide bonds. The van der Waals surface area contributed by atoms with E-state index in [0.29, 0.717) is 33.4 Å². The van der Waals surface area contributed by atoms with Crippen LogP contribution in [0.3, 0.4) is 0 Å². The summed E-state index contributed by atoms with van der Waals surface area (Å²) in [6.07, 6.45) is 2.25. The molecule has 122 valence electrons. The normalized spacial score (nSPS) is 14.2. The monoisotopic (exact) mass is 356 g/mol. The Morgan fingerprint density at radius 1 is 1.39 bits per heavy atom. The molecule has 1 aromatic carbocycles. The summed E-state index contributed by atoms with van der Waals surface area (Å²) in [5.74, 6) is -1.35. The lowest BCUT2D eigenvalue weighted by atomic mass is 10.3. The Balaban J connectivity index is 1.54. The van der Waals surface area contributed by atoms with Crippen LogP contribution in [0.5, 0.6) is 0 Å². The molecule has 0 bridgehead atoms. The lowest BCUT2D eigenvalue weighted by molar-refractivity contribution is -0.113. The number of anilines is 1. The van der Waals surface area contributed by atoms with Crippen molar-refractivity contribution in [3.8, 4) is 0 Å². The number of benzene rings is 1. The van der Waals surface area contributed by atoms with Crippen LogP contribution < -0.4 is 5.32 Å². The molecule has 1 aliphatic carbocycles. The lowest BCUT2D eigenvalue weighted by Gasteiger charge is -2.09. The van der Waals surface area contributed by atoms with Gasteiger partial charge in [0.15, 0.2) is 0 Å². The summed E-state index contributed by atoms with van der Waals surface area (Å²) in [5.41, 5.74) is 0.386. The van der Waals surface area contributed by atoms with E-state index in [4.69, 9.17) is 0 Å². The second-order valence-electron chi connectivity index (χ2n) is 4.99. The van der Waals surface area contributed by atoms with Gasteiger partial charge in [-0.15, -0.1) is 5.10 Å². The van der Waals surface area contributed by atoms with E-state index in [1.54, 1.807) is 24.3 Å². The fraction of sp³-hybridized carbons (Fsp3) is 0.357. The molecule has 9 heteroatoms. The van der Waals surface area contributed by atoms with Gasteiger partial charge in [0.25, 0.3) is 5.76 Å². The number of amides is 1. The molecule has 5 nitrogen and oxygen atoms in total. The van der Waals surface area contributed by atoms with Crippen LogP contribution >= 0.6 is 23.5 Å². The number of hydrogen-bond acceptors (Lipinski definition) is 5. The number of aromatic nitrogens is 3. The SMILES string of the molecule is O=C(CSc1n[nH]c(C2CC2)n1)Nc1ccccc1SC(F)F. The molecule has 1 fully saturated rings. The lowest BCUT2D eigenvalue weighted by Crippen LogP contribution is -2.14. The molecule has 2 aromatic rings. The first kappa shape index (κ1) is 16.3. The second-order valence-corrected chi connectivity index (χ2v) is 6.96. The smallest absolute Gasteiger partial charge is 0.288 e. The molecule has 0 unspecified atom stereocenters. The van der Waals surface area contributed by atoms with Crippen LogP contribution in [0.4, 0.5) is 14.5 Å². The van der Waals surface area contributed by atoms with Gasteiger partial charge in [0.1, 0.15) is 5.82 Å².